The first-order valence-corrected chi connectivity index (χ1v) is 9.18. The number of aromatic nitrogens is 3. The molecule has 4 rings (SSSR count). The average molecular weight is 408 g/mol. The van der Waals surface area contributed by atoms with Crippen molar-refractivity contribution >= 4 is 11.9 Å². The number of fused-ring (bicyclic) bond motifs is 1. The van der Waals surface area contributed by atoms with Crippen LogP contribution in [0.5, 0.6) is 0 Å². The van der Waals surface area contributed by atoms with Crippen molar-refractivity contribution < 1.29 is 27.4 Å². The Morgan fingerprint density at radius 3 is 2.90 bits per heavy atom. The normalized spacial score (nSPS) is 21.7. The predicted molar refractivity (Wildman–Crippen MR) is 95.9 cm³/mol. The van der Waals surface area contributed by atoms with Crippen LogP contribution in [-0.4, -0.2) is 40.1 Å². The number of benzene rings is 1. The van der Waals surface area contributed by atoms with Gasteiger partial charge in [0.2, 0.25) is 5.95 Å². The van der Waals surface area contributed by atoms with E-state index in [2.05, 4.69) is 15.4 Å². The molecular weight excluding hydrogens is 389 g/mol. The second kappa shape index (κ2) is 7.51. The number of nitrogens with zero attached hydrogens (tertiary/aromatic N) is 3. The molecule has 0 saturated carbocycles. The molecule has 0 amide bonds. The summed E-state index contributed by atoms with van der Waals surface area (Å²) in [7, 11) is 0. The molecule has 1 fully saturated rings. The third-order valence-corrected chi connectivity index (χ3v) is 5.00. The topological polar surface area (TPSA) is 78.3 Å². The Bertz CT molecular complexity index is 948. The Hall–Kier alpha value is -2.88. The Kier molecular flexibility index (Phi) is 5.03. The summed E-state index contributed by atoms with van der Waals surface area (Å²) >= 11 is 0. The van der Waals surface area contributed by atoms with Gasteiger partial charge in [-0.2, -0.15) is 23.3 Å². The third-order valence-electron chi connectivity index (χ3n) is 5.00. The second-order valence-electron chi connectivity index (χ2n) is 6.91. The van der Waals surface area contributed by atoms with Crippen LogP contribution in [0.4, 0.5) is 19.1 Å². The van der Waals surface area contributed by atoms with Crippen LogP contribution in [0.15, 0.2) is 41.9 Å². The monoisotopic (exact) mass is 408 g/mol. The van der Waals surface area contributed by atoms with E-state index in [-0.39, 0.29) is 29.8 Å². The summed E-state index contributed by atoms with van der Waals surface area (Å²) in [5.74, 6) is -0.464. The van der Waals surface area contributed by atoms with E-state index >= 15 is 0 Å². The molecule has 2 aliphatic heterocycles. The van der Waals surface area contributed by atoms with Gasteiger partial charge in [0.1, 0.15) is 19.0 Å². The summed E-state index contributed by atoms with van der Waals surface area (Å²) in [5.41, 5.74) is -0.523. The summed E-state index contributed by atoms with van der Waals surface area (Å²) in [4.78, 5) is 17.0. The van der Waals surface area contributed by atoms with Crippen molar-refractivity contribution in [2.75, 3.05) is 18.5 Å². The number of nitrogens with one attached hydrogen (secondary N) is 1. The standard InChI is InChI=1S/C19H19F3N4O3/c1-11-15(17(27)29-9-12-5-4-8-28-12)16(26-18(25-11)23-10-24-26)13-6-2-3-7-14(13)19(20,21)22/h2-3,6-7,10,12,16H,4-5,8-9H2,1H3,(H,23,24,25)/t12-,16-/m1/s1. The lowest BCUT2D eigenvalue weighted by Gasteiger charge is -2.30. The van der Waals surface area contributed by atoms with Crippen LogP contribution in [0, 0.1) is 0 Å². The van der Waals surface area contributed by atoms with E-state index in [0.717, 1.165) is 18.9 Å². The van der Waals surface area contributed by atoms with E-state index in [9.17, 15) is 18.0 Å². The fourth-order valence-electron chi connectivity index (χ4n) is 3.66. The van der Waals surface area contributed by atoms with Gasteiger partial charge in [0.05, 0.1) is 17.2 Å². The first-order chi connectivity index (χ1) is 13.9. The van der Waals surface area contributed by atoms with Gasteiger partial charge in [-0.25, -0.2) is 9.48 Å². The molecule has 10 heteroatoms. The molecule has 3 heterocycles. The molecule has 2 aromatic rings. The van der Waals surface area contributed by atoms with Crippen LogP contribution in [-0.2, 0) is 20.4 Å². The van der Waals surface area contributed by atoms with Crippen molar-refractivity contribution in [3.05, 3.63) is 53.0 Å². The van der Waals surface area contributed by atoms with Crippen molar-refractivity contribution in [2.24, 2.45) is 0 Å². The molecule has 1 aromatic heterocycles. The van der Waals surface area contributed by atoms with Crippen molar-refractivity contribution in [3.63, 3.8) is 0 Å². The predicted octanol–water partition coefficient (Wildman–Crippen LogP) is 3.31. The molecule has 1 saturated heterocycles. The van der Waals surface area contributed by atoms with Crippen molar-refractivity contribution in [1.29, 1.82) is 0 Å². The van der Waals surface area contributed by atoms with E-state index < -0.39 is 23.8 Å². The summed E-state index contributed by atoms with van der Waals surface area (Å²) in [6.45, 7) is 2.26. The van der Waals surface area contributed by atoms with Gasteiger partial charge in [0, 0.05) is 12.3 Å². The molecule has 0 radical (unpaired) electrons. The lowest BCUT2D eigenvalue weighted by molar-refractivity contribution is -0.143. The largest absolute Gasteiger partial charge is 0.459 e. The van der Waals surface area contributed by atoms with Gasteiger partial charge in [-0.3, -0.25) is 0 Å². The van der Waals surface area contributed by atoms with Crippen LogP contribution in [0.25, 0.3) is 0 Å². The van der Waals surface area contributed by atoms with Gasteiger partial charge in [0.25, 0.3) is 0 Å². The molecule has 2 aliphatic rings. The number of hydrogen-bond acceptors (Lipinski definition) is 6. The van der Waals surface area contributed by atoms with Gasteiger partial charge in [-0.05, 0) is 31.4 Å². The molecule has 1 N–H and O–H groups in total. The minimum Gasteiger partial charge on any atom is -0.459 e. The van der Waals surface area contributed by atoms with Crippen LogP contribution < -0.4 is 5.32 Å². The van der Waals surface area contributed by atoms with Crippen molar-refractivity contribution in [3.8, 4) is 0 Å². The molecule has 0 spiro atoms. The van der Waals surface area contributed by atoms with Gasteiger partial charge in [0.15, 0.2) is 0 Å². The van der Waals surface area contributed by atoms with E-state index in [4.69, 9.17) is 9.47 Å². The Balaban J connectivity index is 1.74. The van der Waals surface area contributed by atoms with Gasteiger partial charge >= 0.3 is 12.1 Å². The number of anilines is 1. The Morgan fingerprint density at radius 2 is 2.17 bits per heavy atom. The number of halogens is 3. The fraction of sp³-hybridized carbons (Fsp3) is 0.421. The highest BCUT2D eigenvalue weighted by Crippen LogP contribution is 2.41. The minimum atomic E-state index is -4.59. The number of alkyl halides is 3. The lowest BCUT2D eigenvalue weighted by Crippen LogP contribution is -2.32. The number of ether oxygens (including phenoxy) is 2. The summed E-state index contributed by atoms with van der Waals surface area (Å²) in [6.07, 6.45) is -1.91. The smallest absolute Gasteiger partial charge is 0.416 e. The number of hydrogen-bond donors (Lipinski definition) is 1. The lowest BCUT2D eigenvalue weighted by atomic mass is 9.92. The highest BCUT2D eigenvalue weighted by molar-refractivity contribution is 5.92. The minimum absolute atomic E-state index is 0.0491. The Morgan fingerprint density at radius 1 is 1.38 bits per heavy atom. The van der Waals surface area contributed by atoms with Crippen molar-refractivity contribution in [1.82, 2.24) is 14.8 Å². The number of rotatable bonds is 4. The van der Waals surface area contributed by atoms with Gasteiger partial charge in [-0.1, -0.05) is 18.2 Å². The number of carbonyl (C=O) groups is 1. The quantitative estimate of drug-likeness (QED) is 0.783. The van der Waals surface area contributed by atoms with Crippen molar-refractivity contribution in [2.45, 2.75) is 38.1 Å². The maximum Gasteiger partial charge on any atom is 0.416 e. The highest BCUT2D eigenvalue weighted by Gasteiger charge is 2.41. The van der Waals surface area contributed by atoms with E-state index in [1.54, 1.807) is 6.92 Å². The highest BCUT2D eigenvalue weighted by atomic mass is 19.4. The zero-order valence-electron chi connectivity index (χ0n) is 15.6. The Labute approximate surface area is 164 Å². The van der Waals surface area contributed by atoms with Crippen LogP contribution in [0.2, 0.25) is 0 Å². The average Bonchev–Trinajstić information content (AvgIpc) is 3.36. The SMILES string of the molecule is CC1=C(C(=O)OC[C@H]2CCCO2)[C@@H](c2ccccc2C(F)(F)F)n2ncnc2N1. The molecule has 0 aliphatic carbocycles. The van der Waals surface area contributed by atoms with Gasteiger partial charge in [-0.15, -0.1) is 0 Å². The molecule has 0 unspecified atom stereocenters. The maximum absolute atomic E-state index is 13.7. The van der Waals surface area contributed by atoms with E-state index in [0.29, 0.717) is 12.3 Å². The number of carbonyl (C=O) groups excluding carboxylic acids is 1. The summed E-state index contributed by atoms with van der Waals surface area (Å²) in [6, 6.07) is 4.00. The first kappa shape index (κ1) is 19.4. The second-order valence-corrected chi connectivity index (χ2v) is 6.91. The van der Waals surface area contributed by atoms with Gasteiger partial charge < -0.3 is 14.8 Å². The van der Waals surface area contributed by atoms with E-state index in [1.807, 2.05) is 0 Å². The molecule has 7 nitrogen and oxygen atoms in total. The number of allylic oxidation sites excluding steroid dienone is 1. The van der Waals surface area contributed by atoms with Crippen LogP contribution in [0.3, 0.4) is 0 Å². The molecule has 154 valence electrons. The molecule has 1 aromatic carbocycles. The third kappa shape index (κ3) is 3.71. The summed E-state index contributed by atoms with van der Waals surface area (Å²) in [5, 5.41) is 6.96. The maximum atomic E-state index is 13.7. The molecule has 0 bridgehead atoms. The molecule has 29 heavy (non-hydrogen) atoms. The first-order valence-electron chi connectivity index (χ1n) is 9.18. The van der Waals surface area contributed by atoms with Crippen LogP contribution in [0.1, 0.15) is 36.9 Å². The molecule has 2 atom stereocenters. The zero-order chi connectivity index (χ0) is 20.6. The van der Waals surface area contributed by atoms with Crippen LogP contribution >= 0.6 is 0 Å². The molecular formula is C19H19F3N4O3. The number of esters is 1. The van der Waals surface area contributed by atoms with E-state index in [1.165, 1.54) is 29.2 Å². The zero-order valence-corrected chi connectivity index (χ0v) is 15.6. The summed E-state index contributed by atoms with van der Waals surface area (Å²) < 4.78 is 53.1. The fourth-order valence-corrected chi connectivity index (χ4v) is 3.66.